The molecule has 1 aliphatic rings. The number of nitrogens with zero attached hydrogens (tertiary/aromatic N) is 2. The molecular weight excluding hydrogens is 310 g/mol. The van der Waals surface area contributed by atoms with Crippen molar-refractivity contribution in [2.45, 2.75) is 19.6 Å². The predicted octanol–water partition coefficient (Wildman–Crippen LogP) is 1.16. The maximum atomic E-state index is 11.8. The second-order valence-corrected chi connectivity index (χ2v) is 5.46. The molecule has 1 aromatic heterocycles. The van der Waals surface area contributed by atoms with Crippen LogP contribution in [0.3, 0.4) is 0 Å². The third-order valence-corrected chi connectivity index (χ3v) is 3.85. The first-order chi connectivity index (χ1) is 11.8. The lowest BCUT2D eigenvalue weighted by Gasteiger charge is -2.15. The molecule has 0 unspecified atom stereocenters. The molecule has 0 fully saturated rings. The second kappa shape index (κ2) is 7.83. The number of hydrogen-bond donors (Lipinski definition) is 1. The zero-order valence-corrected chi connectivity index (χ0v) is 13.7. The molecule has 0 bridgehead atoms. The average molecular weight is 331 g/mol. The molecule has 1 N–H and O–H groups in total. The van der Waals surface area contributed by atoms with E-state index in [2.05, 4.69) is 10.4 Å². The quantitative estimate of drug-likeness (QED) is 0.824. The summed E-state index contributed by atoms with van der Waals surface area (Å²) >= 11 is 0. The van der Waals surface area contributed by atoms with Crippen molar-refractivity contribution in [2.75, 3.05) is 26.9 Å². The predicted molar refractivity (Wildman–Crippen MR) is 87.1 cm³/mol. The standard InChI is InChI=1S/C17H21N3O4/c1-22-14-2-4-15(5-3-14)24-12-17(21)18-7-8-20-16-6-9-23-11-13(16)10-19-20/h2-5,10H,6-9,11-12H2,1H3,(H,18,21). The SMILES string of the molecule is COc1ccc(OCC(=O)NCCn2ncc3c2CCOC3)cc1. The maximum absolute atomic E-state index is 11.8. The molecule has 0 spiro atoms. The highest BCUT2D eigenvalue weighted by molar-refractivity contribution is 5.77. The number of nitrogens with one attached hydrogen (secondary N) is 1. The lowest BCUT2D eigenvalue weighted by molar-refractivity contribution is -0.123. The molecule has 24 heavy (non-hydrogen) atoms. The minimum Gasteiger partial charge on any atom is -0.497 e. The van der Waals surface area contributed by atoms with Gasteiger partial charge in [0.05, 0.1) is 33.1 Å². The van der Waals surface area contributed by atoms with Gasteiger partial charge in [-0.2, -0.15) is 5.10 Å². The minimum atomic E-state index is -0.157. The zero-order valence-electron chi connectivity index (χ0n) is 13.7. The molecule has 1 aromatic carbocycles. The lowest BCUT2D eigenvalue weighted by Crippen LogP contribution is -2.32. The van der Waals surface area contributed by atoms with E-state index in [1.54, 1.807) is 31.4 Å². The fraction of sp³-hybridized carbons (Fsp3) is 0.412. The number of rotatable bonds is 7. The van der Waals surface area contributed by atoms with Gasteiger partial charge in [0.1, 0.15) is 11.5 Å². The number of aromatic nitrogens is 2. The van der Waals surface area contributed by atoms with Crippen LogP contribution in [0.4, 0.5) is 0 Å². The Morgan fingerprint density at radius 1 is 1.33 bits per heavy atom. The Hall–Kier alpha value is -2.54. The van der Waals surface area contributed by atoms with Crippen LogP contribution in [-0.2, 0) is 29.1 Å². The number of benzene rings is 1. The monoisotopic (exact) mass is 331 g/mol. The van der Waals surface area contributed by atoms with Crippen molar-refractivity contribution in [1.29, 1.82) is 0 Å². The molecule has 0 saturated carbocycles. The number of fused-ring (bicyclic) bond motifs is 1. The smallest absolute Gasteiger partial charge is 0.258 e. The van der Waals surface area contributed by atoms with Crippen LogP contribution in [0.1, 0.15) is 11.3 Å². The van der Waals surface area contributed by atoms with E-state index in [-0.39, 0.29) is 12.5 Å². The van der Waals surface area contributed by atoms with Gasteiger partial charge in [0.15, 0.2) is 6.61 Å². The fourth-order valence-corrected chi connectivity index (χ4v) is 2.58. The molecule has 3 rings (SSSR count). The van der Waals surface area contributed by atoms with Crippen molar-refractivity contribution in [3.63, 3.8) is 0 Å². The third kappa shape index (κ3) is 4.05. The van der Waals surface area contributed by atoms with Gasteiger partial charge in [0, 0.05) is 24.2 Å². The van der Waals surface area contributed by atoms with Crippen molar-refractivity contribution in [1.82, 2.24) is 15.1 Å². The summed E-state index contributed by atoms with van der Waals surface area (Å²) in [6.07, 6.45) is 2.70. The molecule has 128 valence electrons. The number of carbonyl (C=O) groups excluding carboxylic acids is 1. The van der Waals surface area contributed by atoms with Gasteiger partial charge < -0.3 is 19.5 Å². The molecule has 2 heterocycles. The van der Waals surface area contributed by atoms with Gasteiger partial charge in [0.25, 0.3) is 5.91 Å². The summed E-state index contributed by atoms with van der Waals surface area (Å²) in [5.74, 6) is 1.22. The second-order valence-electron chi connectivity index (χ2n) is 5.46. The van der Waals surface area contributed by atoms with Gasteiger partial charge in [-0.25, -0.2) is 0 Å². The number of amides is 1. The largest absolute Gasteiger partial charge is 0.497 e. The molecule has 2 aromatic rings. The molecule has 0 radical (unpaired) electrons. The van der Waals surface area contributed by atoms with Crippen molar-refractivity contribution in [3.05, 3.63) is 41.7 Å². The zero-order chi connectivity index (χ0) is 16.8. The third-order valence-electron chi connectivity index (χ3n) is 3.85. The van der Waals surface area contributed by atoms with Crippen molar-refractivity contribution < 1.29 is 19.0 Å². The van der Waals surface area contributed by atoms with E-state index in [1.807, 2.05) is 10.9 Å². The van der Waals surface area contributed by atoms with Crippen LogP contribution in [-0.4, -0.2) is 42.6 Å². The molecule has 7 nitrogen and oxygen atoms in total. The highest BCUT2D eigenvalue weighted by Gasteiger charge is 2.15. The first-order valence-corrected chi connectivity index (χ1v) is 7.91. The van der Waals surface area contributed by atoms with E-state index in [9.17, 15) is 4.79 Å². The average Bonchev–Trinajstić information content (AvgIpc) is 3.04. The summed E-state index contributed by atoms with van der Waals surface area (Å²) in [6, 6.07) is 7.12. The van der Waals surface area contributed by atoms with Gasteiger partial charge in [-0.3, -0.25) is 9.48 Å². The molecular formula is C17H21N3O4. The molecule has 7 heteroatoms. The van der Waals surface area contributed by atoms with Crippen LogP contribution >= 0.6 is 0 Å². The number of ether oxygens (including phenoxy) is 3. The van der Waals surface area contributed by atoms with E-state index in [1.165, 1.54) is 5.69 Å². The summed E-state index contributed by atoms with van der Waals surface area (Å²) in [7, 11) is 1.60. The summed E-state index contributed by atoms with van der Waals surface area (Å²) in [4.78, 5) is 11.8. The van der Waals surface area contributed by atoms with E-state index in [0.29, 0.717) is 25.4 Å². The Labute approximate surface area is 140 Å². The fourth-order valence-electron chi connectivity index (χ4n) is 2.58. The number of methoxy groups -OCH3 is 1. The van der Waals surface area contributed by atoms with Crippen LogP contribution in [0.25, 0.3) is 0 Å². The van der Waals surface area contributed by atoms with E-state index in [4.69, 9.17) is 14.2 Å². The first-order valence-electron chi connectivity index (χ1n) is 7.91. The molecule has 0 saturated heterocycles. The Bertz CT molecular complexity index is 682. The summed E-state index contributed by atoms with van der Waals surface area (Å²) in [5, 5.41) is 7.19. The molecule has 0 atom stereocenters. The molecule has 0 aliphatic carbocycles. The van der Waals surface area contributed by atoms with E-state index in [0.717, 1.165) is 24.3 Å². The number of hydrogen-bond acceptors (Lipinski definition) is 5. The van der Waals surface area contributed by atoms with E-state index < -0.39 is 0 Å². The van der Waals surface area contributed by atoms with Gasteiger partial charge in [-0.1, -0.05) is 0 Å². The Balaban J connectivity index is 1.40. The van der Waals surface area contributed by atoms with Crippen LogP contribution < -0.4 is 14.8 Å². The van der Waals surface area contributed by atoms with Crippen LogP contribution in [0.5, 0.6) is 11.5 Å². The Morgan fingerprint density at radius 3 is 2.92 bits per heavy atom. The van der Waals surface area contributed by atoms with Crippen molar-refractivity contribution >= 4 is 5.91 Å². The van der Waals surface area contributed by atoms with Crippen molar-refractivity contribution in [3.8, 4) is 11.5 Å². The minimum absolute atomic E-state index is 0.0165. The van der Waals surface area contributed by atoms with E-state index >= 15 is 0 Å². The first kappa shape index (κ1) is 16.3. The topological polar surface area (TPSA) is 74.6 Å². The van der Waals surface area contributed by atoms with Gasteiger partial charge in [-0.05, 0) is 24.3 Å². The van der Waals surface area contributed by atoms with Crippen LogP contribution in [0, 0.1) is 0 Å². The highest BCUT2D eigenvalue weighted by Crippen LogP contribution is 2.17. The van der Waals surface area contributed by atoms with Gasteiger partial charge in [0.2, 0.25) is 0 Å². The van der Waals surface area contributed by atoms with Gasteiger partial charge in [-0.15, -0.1) is 0 Å². The molecule has 1 amide bonds. The normalized spacial score (nSPS) is 13.2. The maximum Gasteiger partial charge on any atom is 0.258 e. The lowest BCUT2D eigenvalue weighted by atomic mass is 10.2. The van der Waals surface area contributed by atoms with Gasteiger partial charge >= 0.3 is 0 Å². The summed E-state index contributed by atoms with van der Waals surface area (Å²) in [6.45, 7) is 2.49. The van der Waals surface area contributed by atoms with Crippen LogP contribution in [0.15, 0.2) is 30.5 Å². The highest BCUT2D eigenvalue weighted by atomic mass is 16.5. The number of carbonyl (C=O) groups is 1. The van der Waals surface area contributed by atoms with Crippen LogP contribution in [0.2, 0.25) is 0 Å². The Kier molecular flexibility index (Phi) is 5.32. The van der Waals surface area contributed by atoms with Crippen molar-refractivity contribution in [2.24, 2.45) is 0 Å². The summed E-state index contributed by atoms with van der Waals surface area (Å²) < 4.78 is 17.8. The molecule has 1 aliphatic heterocycles. The summed E-state index contributed by atoms with van der Waals surface area (Å²) in [5.41, 5.74) is 2.33. The Morgan fingerprint density at radius 2 is 2.12 bits per heavy atom.